The summed E-state index contributed by atoms with van der Waals surface area (Å²) in [5.74, 6) is 3.87. The molecule has 0 amide bonds. The molecule has 9 atom stereocenters. The zero-order chi connectivity index (χ0) is 107. The number of alkyl halides is 14. The number of aryl methyl sites for hydroxylation is 18. The largest absolute Gasteiger partial charge is 0.496 e. The lowest BCUT2D eigenvalue weighted by Crippen LogP contribution is -2.23. The third kappa shape index (κ3) is 33.4. The van der Waals surface area contributed by atoms with Crippen LogP contribution in [0.1, 0.15) is 226 Å². The van der Waals surface area contributed by atoms with Crippen LogP contribution in [0.5, 0.6) is 109 Å². The maximum Gasteiger partial charge on any atom is 0.422 e. The van der Waals surface area contributed by atoms with Crippen LogP contribution in [-0.4, -0.2) is 123 Å². The quantitative estimate of drug-likeness (QED) is 0.0786. The molecule has 9 unspecified atom stereocenters. The molecule has 0 radical (unpaired) electrons. The molecule has 0 saturated carbocycles. The van der Waals surface area contributed by atoms with Gasteiger partial charge in [0.1, 0.15) is 40.1 Å². The SMILES string of the molecule is COc1c(C)cc2c(c1F)OC(C)CC2.COc1c(C)cc2c(c1OCF)OC(C)CC2.COc1cc2c(cc1C)CCC(C)O2.Cc1cc2c(c(C(F)(F)F)c1F)OC(C)CC2.Cc1cc2c(c(OC(F)F)c1)OC(C)CC2.Cc1cc2c(c(OC(F)F)c1OC(F)F)OC(C)CC2.Cc1cc2c(c(OCF)c1)OC(C)CC2.Cc1cc2c(c(OCF)c1F)OC(C)CC2.Cc1cc2c(cc1OC(F)F)OC(C)CC2.F.F.F. The molecule has 828 valence electrons. The second kappa shape index (κ2) is 56.6. The summed E-state index contributed by atoms with van der Waals surface area (Å²) < 4.78 is 313. The summed E-state index contributed by atoms with van der Waals surface area (Å²) >= 11 is 0. The van der Waals surface area contributed by atoms with Crippen LogP contribution in [0.25, 0.3) is 0 Å². The summed E-state index contributed by atoms with van der Waals surface area (Å²) in [6.07, 6.45) is 11.4. The average molecular weight is 2140 g/mol. The Balaban J connectivity index is 0.000000226. The molecule has 0 aliphatic carbocycles. The van der Waals surface area contributed by atoms with Crippen molar-refractivity contribution >= 4 is 0 Å². The number of fused-ring (bicyclic) bond motifs is 9. The Hall–Kier alpha value is -12.2. The first-order valence-corrected chi connectivity index (χ1v) is 48.5. The van der Waals surface area contributed by atoms with E-state index in [0.717, 1.165) is 175 Å². The van der Waals surface area contributed by atoms with Crippen molar-refractivity contribution in [3.63, 3.8) is 0 Å². The van der Waals surface area contributed by atoms with Gasteiger partial charge in [-0.15, -0.1) is 0 Å². The van der Waals surface area contributed by atoms with E-state index in [1.54, 1.807) is 66.2 Å². The van der Waals surface area contributed by atoms with Crippen molar-refractivity contribution in [2.24, 2.45) is 0 Å². The molecular weight excluding hydrogens is 2010 g/mol. The molecule has 0 N–H and O–H groups in total. The molecule has 9 aliphatic heterocycles. The van der Waals surface area contributed by atoms with Crippen molar-refractivity contribution in [2.75, 3.05) is 41.9 Å². The van der Waals surface area contributed by atoms with Crippen LogP contribution < -0.4 is 90.0 Å². The molecule has 0 bridgehead atoms. The van der Waals surface area contributed by atoms with E-state index in [4.69, 9.17) is 71.1 Å². The lowest BCUT2D eigenvalue weighted by atomic mass is 9.96. The zero-order valence-electron chi connectivity index (χ0n) is 87.3. The maximum atomic E-state index is 13.9. The van der Waals surface area contributed by atoms with Gasteiger partial charge in [0.25, 0.3) is 0 Å². The Kier molecular flexibility index (Phi) is 47.0. The van der Waals surface area contributed by atoms with Crippen LogP contribution in [0.15, 0.2) is 78.9 Å². The third-order valence-corrected chi connectivity index (χ3v) is 25.2. The van der Waals surface area contributed by atoms with Gasteiger partial charge in [0.05, 0.1) is 76.3 Å². The summed E-state index contributed by atoms with van der Waals surface area (Å²) in [7, 11) is 4.72. The average Bonchev–Trinajstić information content (AvgIpc) is 0.762. The standard InChI is InChI=1S/C13H14F4O3.C13H17FO3.C12H12F4O.3C12H14F2O2.2C12H15FO2.C12H16O2.3FH/c1-6-5-8-4-3-7(2)18-10(8)11(20-13(16)17)9(6)19-12(14)15;1-8-6-10-5-4-9(2)17-12(10)13(16-7-14)11(8)15-3;1-6-5-8-4-3-7(2)17-11(8)9(10(6)13)12(14,15)16;1-7-5-9-4-3-8(2)16-11(9)12(10(7)14)15-6-13;1-7-5-9-4-3-8(2)15-11(9)6-10(7)16-12(13)14;1-7-5-9-4-3-8(2)15-11(9)10(6-7)16-12(13)14;1-7-6-9-5-4-8(2)15-12(9)10(13)11(7)14-3;1-8-5-10-4-3-9(2)15-12(10)11(6-8)14-7-13;1-8-6-10-5-4-9(2)14-12(10)7-11(8)13-3;;;/h5,7,12-13H,3-4H2,1-2H3;6,9H,4-5,7H2,1-3H3;5,7H,3-4H2,1-2H3;5,8H,3-4,6H2,1-2H3;2*5-6,8,12H,3-4H2,1-2H3;6,8H,4-5H2,1-3H3;5-6,9H,3-4,7H2,1-2H3;6-7,9H,4-5H2,1-3H3;3*1H. The summed E-state index contributed by atoms with van der Waals surface area (Å²) in [5, 5.41) is 0. The highest BCUT2D eigenvalue weighted by atomic mass is 19.4. The van der Waals surface area contributed by atoms with Crippen LogP contribution >= 0.6 is 0 Å². The number of hydrogen-bond donors (Lipinski definition) is 0. The maximum absolute atomic E-state index is 13.9. The molecule has 0 fully saturated rings. The number of ether oxygens (including phenoxy) is 19. The molecule has 9 heterocycles. The minimum atomic E-state index is -4.72. The second-order valence-electron chi connectivity index (χ2n) is 37.2. The van der Waals surface area contributed by atoms with Crippen LogP contribution in [0.3, 0.4) is 0 Å². The number of benzene rings is 9. The van der Waals surface area contributed by atoms with E-state index in [0.29, 0.717) is 99.4 Å². The van der Waals surface area contributed by atoms with E-state index in [1.807, 2.05) is 106 Å². The highest BCUT2D eigenvalue weighted by molar-refractivity contribution is 5.63. The summed E-state index contributed by atoms with van der Waals surface area (Å²) in [6.45, 7) is 18.6. The zero-order valence-corrected chi connectivity index (χ0v) is 87.3. The van der Waals surface area contributed by atoms with Gasteiger partial charge < -0.3 is 90.0 Å². The number of methoxy groups -OCH3 is 3. The molecule has 9 aliphatic rings. The summed E-state index contributed by atoms with van der Waals surface area (Å²) in [4.78, 5) is 0. The molecule has 149 heavy (non-hydrogen) atoms. The van der Waals surface area contributed by atoms with Crippen molar-refractivity contribution in [1.82, 2.24) is 0 Å². The third-order valence-electron chi connectivity index (χ3n) is 25.2. The Morgan fingerprint density at radius 2 is 0.550 bits per heavy atom. The Bertz CT molecular complexity index is 5870. The van der Waals surface area contributed by atoms with Gasteiger partial charge in [-0.1, -0.05) is 12.1 Å². The fraction of sp³-hybridized carbons (Fsp3) is 0.509. The van der Waals surface area contributed by atoms with Crippen LogP contribution in [0, 0.1) is 79.8 Å². The van der Waals surface area contributed by atoms with E-state index in [-0.39, 0.29) is 103 Å². The first-order chi connectivity index (χ1) is 69.1. The second-order valence-corrected chi connectivity index (χ2v) is 37.2. The van der Waals surface area contributed by atoms with E-state index in [1.165, 1.54) is 38.2 Å². The fourth-order valence-corrected chi connectivity index (χ4v) is 18.0. The van der Waals surface area contributed by atoms with Gasteiger partial charge >= 0.3 is 32.6 Å². The molecule has 9 aromatic carbocycles. The monoisotopic (exact) mass is 2140 g/mol. The predicted octanol–water partition coefficient (Wildman–Crippen LogP) is 29.6. The highest BCUT2D eigenvalue weighted by Gasteiger charge is 2.42. The minimum absolute atomic E-state index is 0. The lowest BCUT2D eigenvalue weighted by molar-refractivity contribution is -0.142. The molecule has 9 aromatic rings. The molecular formula is C110H134F20O19. The van der Waals surface area contributed by atoms with Gasteiger partial charge in [-0.25, -0.2) is 22.0 Å². The number of rotatable bonds is 17. The lowest BCUT2D eigenvalue weighted by Gasteiger charge is -2.27. The van der Waals surface area contributed by atoms with Crippen molar-refractivity contribution in [3.05, 3.63) is 202 Å². The van der Waals surface area contributed by atoms with Crippen molar-refractivity contribution in [2.45, 2.75) is 328 Å². The number of halogens is 20. The van der Waals surface area contributed by atoms with Crippen LogP contribution in [-0.2, 0) is 64.0 Å². The van der Waals surface area contributed by atoms with Gasteiger partial charge in [-0.2, -0.15) is 52.7 Å². The van der Waals surface area contributed by atoms with Crippen molar-refractivity contribution in [1.29, 1.82) is 0 Å². The predicted molar refractivity (Wildman–Crippen MR) is 525 cm³/mol. The molecule has 0 spiro atoms. The summed E-state index contributed by atoms with van der Waals surface area (Å²) in [6, 6.07) is 23.8. The highest BCUT2D eigenvalue weighted by Crippen LogP contribution is 2.52. The Labute approximate surface area is 855 Å². The number of hydrogen-bond acceptors (Lipinski definition) is 19. The molecule has 39 heteroatoms. The van der Waals surface area contributed by atoms with Gasteiger partial charge in [0.15, 0.2) is 69.1 Å². The Morgan fingerprint density at radius 3 is 0.953 bits per heavy atom. The van der Waals surface area contributed by atoms with Crippen molar-refractivity contribution in [3.8, 4) is 109 Å². The van der Waals surface area contributed by atoms with E-state index >= 15 is 0 Å². The molecule has 0 aromatic heterocycles. The van der Waals surface area contributed by atoms with Gasteiger partial charge in [0, 0.05) is 12.1 Å². The first kappa shape index (κ1) is 124. The van der Waals surface area contributed by atoms with E-state index < -0.39 is 81.9 Å². The van der Waals surface area contributed by atoms with Gasteiger partial charge in [-0.05, 0) is 395 Å². The topological polar surface area (TPSA) is 175 Å². The van der Waals surface area contributed by atoms with Gasteiger partial charge in [-0.3, -0.25) is 14.1 Å². The van der Waals surface area contributed by atoms with E-state index in [2.05, 4.69) is 44.9 Å². The molecule has 18 rings (SSSR count). The first-order valence-electron chi connectivity index (χ1n) is 48.5. The smallest absolute Gasteiger partial charge is 0.422 e. The van der Waals surface area contributed by atoms with Gasteiger partial charge in [0.2, 0.25) is 43.6 Å². The molecule has 19 nitrogen and oxygen atoms in total. The summed E-state index contributed by atoms with van der Waals surface area (Å²) in [5.41, 5.74) is 13.6. The Morgan fingerprint density at radius 1 is 0.262 bits per heavy atom. The fourth-order valence-electron chi connectivity index (χ4n) is 18.0. The van der Waals surface area contributed by atoms with E-state index in [9.17, 15) is 74.6 Å². The molecule has 0 saturated heterocycles. The van der Waals surface area contributed by atoms with Crippen LogP contribution in [0.2, 0.25) is 0 Å². The normalized spacial score (nSPS) is 18.6. The minimum Gasteiger partial charge on any atom is -0.496 e. The van der Waals surface area contributed by atoms with Crippen LogP contribution in [0.4, 0.5) is 88.8 Å². The van der Waals surface area contributed by atoms with Crippen molar-refractivity contribution < 1.29 is 179 Å².